The molecule has 1 heterocycles. The smallest absolute Gasteiger partial charge is 0.264 e. The second-order valence-corrected chi connectivity index (χ2v) is 9.53. The number of rotatable bonds is 4. The van der Waals surface area contributed by atoms with Gasteiger partial charge in [-0.3, -0.25) is 9.10 Å². The van der Waals surface area contributed by atoms with Gasteiger partial charge in [0.15, 0.2) is 0 Å². The summed E-state index contributed by atoms with van der Waals surface area (Å²) in [6.45, 7) is 0. The predicted octanol–water partition coefficient (Wildman–Crippen LogP) is 5.54. The lowest BCUT2D eigenvalue weighted by Gasteiger charge is -2.29. The Hall–Kier alpha value is -4.10. The number of para-hydroxylation sites is 1. The number of hydrogen-bond donors (Lipinski definition) is 1. The van der Waals surface area contributed by atoms with Crippen LogP contribution in [0.2, 0.25) is 0 Å². The second kappa shape index (κ2) is 8.11. The number of sulfonamides is 1. The van der Waals surface area contributed by atoms with Gasteiger partial charge >= 0.3 is 0 Å². The lowest BCUT2D eigenvalue weighted by molar-refractivity contribution is 0.102. The minimum absolute atomic E-state index is 0.228. The molecule has 0 aromatic heterocycles. The quantitative estimate of drug-likeness (QED) is 0.438. The van der Waals surface area contributed by atoms with Crippen molar-refractivity contribution in [1.82, 2.24) is 0 Å². The van der Waals surface area contributed by atoms with Crippen molar-refractivity contribution in [3.63, 3.8) is 0 Å². The normalized spacial score (nSPS) is 13.5. The molecule has 0 spiro atoms. The average Bonchev–Trinajstić information content (AvgIpc) is 2.84. The molecule has 0 saturated heterocycles. The lowest BCUT2D eigenvalue weighted by atomic mass is 10.00. The molecule has 1 aliphatic rings. The highest BCUT2D eigenvalue weighted by Crippen LogP contribution is 2.42. The van der Waals surface area contributed by atoms with E-state index >= 15 is 0 Å². The summed E-state index contributed by atoms with van der Waals surface area (Å²) in [6, 6.07) is 28.4. The third-order valence-electron chi connectivity index (χ3n) is 5.50. The number of hydrogen-bond acceptors (Lipinski definition) is 4. The number of benzene rings is 4. The van der Waals surface area contributed by atoms with Crippen molar-refractivity contribution in [1.29, 1.82) is 0 Å². The zero-order valence-electron chi connectivity index (χ0n) is 17.7. The lowest BCUT2D eigenvalue weighted by Crippen LogP contribution is -2.30. The Labute approximate surface area is 192 Å². The van der Waals surface area contributed by atoms with Crippen LogP contribution in [-0.4, -0.2) is 21.4 Å². The van der Waals surface area contributed by atoms with Crippen LogP contribution in [0.4, 0.5) is 11.4 Å². The van der Waals surface area contributed by atoms with Crippen molar-refractivity contribution in [2.75, 3.05) is 16.7 Å². The molecule has 1 N–H and O–H groups in total. The fourth-order valence-electron chi connectivity index (χ4n) is 3.79. The van der Waals surface area contributed by atoms with Crippen molar-refractivity contribution in [3.8, 4) is 22.6 Å². The number of carbonyl (C=O) groups is 1. The molecule has 7 heteroatoms. The first-order valence-corrected chi connectivity index (χ1v) is 11.7. The summed E-state index contributed by atoms with van der Waals surface area (Å²) in [7, 11) is -2.10. The maximum absolute atomic E-state index is 12.9. The van der Waals surface area contributed by atoms with Gasteiger partial charge in [0, 0.05) is 29.4 Å². The van der Waals surface area contributed by atoms with E-state index in [9.17, 15) is 13.2 Å². The number of amides is 1. The molecule has 33 heavy (non-hydrogen) atoms. The Morgan fingerprint density at radius 2 is 1.45 bits per heavy atom. The Morgan fingerprint density at radius 3 is 2.21 bits per heavy atom. The van der Waals surface area contributed by atoms with Crippen LogP contribution in [0.3, 0.4) is 0 Å². The second-order valence-electron chi connectivity index (χ2n) is 7.59. The summed E-state index contributed by atoms with van der Waals surface area (Å²) in [5, 5.41) is 2.88. The van der Waals surface area contributed by atoms with Gasteiger partial charge in [-0.2, -0.15) is 0 Å². The third-order valence-corrected chi connectivity index (χ3v) is 7.33. The van der Waals surface area contributed by atoms with Gasteiger partial charge in [0.1, 0.15) is 11.5 Å². The Morgan fingerprint density at radius 1 is 0.788 bits per heavy atom. The van der Waals surface area contributed by atoms with Crippen molar-refractivity contribution >= 4 is 27.3 Å². The molecule has 0 fully saturated rings. The zero-order valence-corrected chi connectivity index (χ0v) is 18.5. The number of anilines is 2. The molecule has 0 unspecified atom stereocenters. The van der Waals surface area contributed by atoms with Crippen LogP contribution in [0, 0.1) is 0 Å². The van der Waals surface area contributed by atoms with Gasteiger partial charge in [0.25, 0.3) is 15.9 Å². The van der Waals surface area contributed by atoms with Gasteiger partial charge in [-0.25, -0.2) is 8.42 Å². The highest BCUT2D eigenvalue weighted by molar-refractivity contribution is 7.93. The van der Waals surface area contributed by atoms with E-state index in [-0.39, 0.29) is 10.8 Å². The van der Waals surface area contributed by atoms with Crippen LogP contribution in [0.1, 0.15) is 10.4 Å². The molecule has 0 bridgehead atoms. The maximum Gasteiger partial charge on any atom is 0.264 e. The van der Waals surface area contributed by atoms with E-state index in [2.05, 4.69) is 5.32 Å². The standard InChI is InChI=1S/C26H20N2O4S/c1-28-24-16-11-18(17-23(24)22-9-5-6-10-25(22)33(28,30)31)26(29)27-19-12-14-21(15-13-19)32-20-7-3-2-4-8-20/h2-17H,1H3,(H,27,29). The van der Waals surface area contributed by atoms with Gasteiger partial charge in [0.2, 0.25) is 0 Å². The van der Waals surface area contributed by atoms with Crippen LogP contribution in [0.5, 0.6) is 11.5 Å². The summed E-state index contributed by atoms with van der Waals surface area (Å²) in [5.74, 6) is 1.10. The van der Waals surface area contributed by atoms with Crippen LogP contribution < -0.4 is 14.4 Å². The molecule has 0 atom stereocenters. The van der Waals surface area contributed by atoms with E-state index < -0.39 is 10.0 Å². The molecule has 1 amide bonds. The van der Waals surface area contributed by atoms with Crippen molar-refractivity contribution in [2.24, 2.45) is 0 Å². The average molecular weight is 457 g/mol. The fourth-order valence-corrected chi connectivity index (χ4v) is 5.21. The van der Waals surface area contributed by atoms with Crippen LogP contribution in [0.15, 0.2) is 102 Å². The SMILES string of the molecule is CN1c2ccc(C(=O)Nc3ccc(Oc4ccccc4)cc3)cc2-c2ccccc2S1(=O)=O. The molecule has 4 aromatic rings. The van der Waals surface area contributed by atoms with Gasteiger partial charge in [0.05, 0.1) is 10.6 Å². The van der Waals surface area contributed by atoms with E-state index in [1.165, 1.54) is 11.4 Å². The molecule has 164 valence electrons. The molecular weight excluding hydrogens is 436 g/mol. The Bertz CT molecular complexity index is 1450. The number of carbonyl (C=O) groups excluding carboxylic acids is 1. The summed E-state index contributed by atoms with van der Waals surface area (Å²) in [6.07, 6.45) is 0. The van der Waals surface area contributed by atoms with Crippen molar-refractivity contribution in [3.05, 3.63) is 103 Å². The van der Waals surface area contributed by atoms with E-state index in [1.54, 1.807) is 66.7 Å². The van der Waals surface area contributed by atoms with Gasteiger partial charge in [-0.15, -0.1) is 0 Å². The largest absolute Gasteiger partial charge is 0.457 e. The molecular formula is C26H20N2O4S. The van der Waals surface area contributed by atoms with Crippen LogP contribution in [0.25, 0.3) is 11.1 Å². The number of nitrogens with one attached hydrogen (secondary N) is 1. The number of fused-ring (bicyclic) bond motifs is 3. The van der Waals surface area contributed by atoms with E-state index in [0.717, 1.165) is 5.75 Å². The maximum atomic E-state index is 12.9. The third kappa shape index (κ3) is 3.83. The summed E-state index contributed by atoms with van der Waals surface area (Å²) >= 11 is 0. The predicted molar refractivity (Wildman–Crippen MR) is 128 cm³/mol. The highest BCUT2D eigenvalue weighted by atomic mass is 32.2. The van der Waals surface area contributed by atoms with Crippen LogP contribution >= 0.6 is 0 Å². The monoisotopic (exact) mass is 456 g/mol. The van der Waals surface area contributed by atoms with Gasteiger partial charge < -0.3 is 10.1 Å². The zero-order chi connectivity index (χ0) is 23.0. The number of nitrogens with zero attached hydrogens (tertiary/aromatic N) is 1. The van der Waals surface area contributed by atoms with E-state index in [1.807, 2.05) is 30.3 Å². The van der Waals surface area contributed by atoms with Crippen LogP contribution in [-0.2, 0) is 10.0 Å². The molecule has 5 rings (SSSR count). The molecule has 4 aromatic carbocycles. The van der Waals surface area contributed by atoms with Crippen molar-refractivity contribution < 1.29 is 17.9 Å². The first-order valence-electron chi connectivity index (χ1n) is 10.3. The summed E-state index contributed by atoms with van der Waals surface area (Å²) < 4.78 is 32.6. The number of ether oxygens (including phenoxy) is 1. The highest BCUT2D eigenvalue weighted by Gasteiger charge is 2.32. The topological polar surface area (TPSA) is 75.7 Å². The minimum Gasteiger partial charge on any atom is -0.457 e. The first-order chi connectivity index (χ1) is 15.9. The summed E-state index contributed by atoms with van der Waals surface area (Å²) in [4.78, 5) is 13.2. The van der Waals surface area contributed by atoms with E-state index in [0.29, 0.717) is 33.8 Å². The molecule has 0 aliphatic carbocycles. The fraction of sp³-hybridized carbons (Fsp3) is 0.0385. The first kappa shape index (κ1) is 20.8. The summed E-state index contributed by atoms with van der Waals surface area (Å²) in [5.41, 5.74) is 2.87. The molecule has 1 aliphatic heterocycles. The molecule has 0 radical (unpaired) electrons. The Balaban J connectivity index is 1.39. The van der Waals surface area contributed by atoms with E-state index in [4.69, 9.17) is 4.74 Å². The minimum atomic E-state index is -3.62. The van der Waals surface area contributed by atoms with Crippen molar-refractivity contribution in [2.45, 2.75) is 4.90 Å². The Kier molecular flexibility index (Phi) is 5.11. The molecule has 0 saturated carbocycles. The molecule has 6 nitrogen and oxygen atoms in total. The van der Waals surface area contributed by atoms with Gasteiger partial charge in [-0.1, -0.05) is 36.4 Å². The van der Waals surface area contributed by atoms with Gasteiger partial charge in [-0.05, 0) is 60.7 Å².